The Morgan fingerprint density at radius 2 is 1.84 bits per heavy atom. The van der Waals surface area contributed by atoms with Crippen LogP contribution in [-0.2, 0) is 6.54 Å². The molecule has 0 amide bonds. The van der Waals surface area contributed by atoms with E-state index in [-0.39, 0.29) is 0 Å². The van der Waals surface area contributed by atoms with Crippen molar-refractivity contribution in [2.45, 2.75) is 25.8 Å². The van der Waals surface area contributed by atoms with Gasteiger partial charge in [0.2, 0.25) is 0 Å². The molecule has 2 nitrogen and oxygen atoms in total. The fourth-order valence-electron chi connectivity index (χ4n) is 3.09. The molecular formula is C21H23BrN2S. The van der Waals surface area contributed by atoms with Gasteiger partial charge in [0, 0.05) is 23.2 Å². The van der Waals surface area contributed by atoms with E-state index in [2.05, 4.69) is 68.6 Å². The summed E-state index contributed by atoms with van der Waals surface area (Å²) in [6.07, 6.45) is 8.15. The second kappa shape index (κ2) is 9.16. The Bertz CT molecular complexity index is 712. The molecule has 1 atom stereocenters. The lowest BCUT2D eigenvalue weighted by Gasteiger charge is -2.30. The van der Waals surface area contributed by atoms with Crippen molar-refractivity contribution in [1.29, 1.82) is 0 Å². The molecule has 0 heterocycles. The van der Waals surface area contributed by atoms with Crippen LogP contribution in [0.15, 0.2) is 71.2 Å². The Hall–Kier alpha value is -1.65. The number of benzene rings is 2. The molecule has 3 rings (SSSR count). The summed E-state index contributed by atoms with van der Waals surface area (Å²) in [5.41, 5.74) is 2.31. The maximum atomic E-state index is 5.74. The van der Waals surface area contributed by atoms with E-state index >= 15 is 0 Å². The summed E-state index contributed by atoms with van der Waals surface area (Å²) in [5, 5.41) is 4.19. The lowest BCUT2D eigenvalue weighted by molar-refractivity contribution is 0.319. The molecule has 0 unspecified atom stereocenters. The first kappa shape index (κ1) is 18.2. The Morgan fingerprint density at radius 3 is 2.52 bits per heavy atom. The number of rotatable bonds is 5. The number of nitrogens with one attached hydrogen (secondary N) is 1. The van der Waals surface area contributed by atoms with E-state index in [0.717, 1.165) is 34.8 Å². The summed E-state index contributed by atoms with van der Waals surface area (Å²) in [6.45, 7) is 1.82. The summed E-state index contributed by atoms with van der Waals surface area (Å²) in [5.74, 6) is 0.665. The lowest BCUT2D eigenvalue weighted by atomic mass is 9.94. The number of nitrogens with zero attached hydrogens (tertiary/aromatic N) is 1. The van der Waals surface area contributed by atoms with E-state index < -0.39 is 0 Å². The summed E-state index contributed by atoms with van der Waals surface area (Å²) in [6, 6.07) is 18.7. The molecule has 2 aromatic rings. The van der Waals surface area contributed by atoms with Crippen molar-refractivity contribution in [1.82, 2.24) is 4.90 Å². The summed E-state index contributed by atoms with van der Waals surface area (Å²) < 4.78 is 1.07. The summed E-state index contributed by atoms with van der Waals surface area (Å²) >= 11 is 9.22. The predicted molar refractivity (Wildman–Crippen MR) is 114 cm³/mol. The number of hydrogen-bond donors (Lipinski definition) is 1. The second-order valence-corrected chi connectivity index (χ2v) is 7.76. The van der Waals surface area contributed by atoms with Crippen LogP contribution in [0.25, 0.3) is 0 Å². The molecule has 1 N–H and O–H groups in total. The zero-order valence-electron chi connectivity index (χ0n) is 14.2. The van der Waals surface area contributed by atoms with Crippen molar-refractivity contribution in [2.24, 2.45) is 5.92 Å². The average molecular weight is 415 g/mol. The fourth-order valence-corrected chi connectivity index (χ4v) is 3.61. The largest absolute Gasteiger partial charge is 0.344 e. The smallest absolute Gasteiger partial charge is 0.173 e. The first-order valence-corrected chi connectivity index (χ1v) is 9.91. The molecule has 0 saturated heterocycles. The SMILES string of the molecule is S=C(Nc1ccc(Br)cc1)N(Cc1ccccc1)C[C@@H]1CC=CCC1. The third-order valence-corrected chi connectivity index (χ3v) is 5.34. The number of allylic oxidation sites excluding steroid dienone is 2. The van der Waals surface area contributed by atoms with Gasteiger partial charge in [0.25, 0.3) is 0 Å². The standard InChI is InChI=1S/C21H23BrN2S/c22-19-11-13-20(14-12-19)23-21(25)24(15-17-7-3-1-4-8-17)16-18-9-5-2-6-10-18/h1-5,7-8,11-14,18H,6,9-10,15-16H2,(H,23,25)/t18-/m1/s1. The van der Waals surface area contributed by atoms with Gasteiger partial charge in [-0.15, -0.1) is 0 Å². The van der Waals surface area contributed by atoms with E-state index in [1.807, 2.05) is 24.3 Å². The monoisotopic (exact) mass is 414 g/mol. The van der Waals surface area contributed by atoms with Crippen LogP contribution in [0.4, 0.5) is 5.69 Å². The van der Waals surface area contributed by atoms with Gasteiger partial charge in [-0.05, 0) is 67.2 Å². The van der Waals surface area contributed by atoms with Crippen LogP contribution in [0.1, 0.15) is 24.8 Å². The minimum Gasteiger partial charge on any atom is -0.344 e. The van der Waals surface area contributed by atoms with Crippen molar-refractivity contribution >= 4 is 38.9 Å². The minimum atomic E-state index is 0.665. The first-order chi connectivity index (χ1) is 12.2. The zero-order valence-corrected chi connectivity index (χ0v) is 16.6. The average Bonchev–Trinajstić information content (AvgIpc) is 2.65. The first-order valence-electron chi connectivity index (χ1n) is 8.71. The molecule has 25 heavy (non-hydrogen) atoms. The maximum Gasteiger partial charge on any atom is 0.173 e. The van der Waals surface area contributed by atoms with Gasteiger partial charge in [0.1, 0.15) is 0 Å². The van der Waals surface area contributed by atoms with E-state index in [1.165, 1.54) is 18.4 Å². The van der Waals surface area contributed by atoms with Gasteiger partial charge in [0.15, 0.2) is 5.11 Å². The molecule has 130 valence electrons. The van der Waals surface area contributed by atoms with E-state index in [0.29, 0.717) is 5.92 Å². The molecule has 4 heteroatoms. The molecule has 2 aromatic carbocycles. The van der Waals surface area contributed by atoms with Crippen LogP contribution in [0, 0.1) is 5.92 Å². The molecule has 0 spiro atoms. The highest BCUT2D eigenvalue weighted by molar-refractivity contribution is 9.10. The Labute approximate surface area is 164 Å². The van der Waals surface area contributed by atoms with Gasteiger partial charge in [-0.3, -0.25) is 0 Å². The highest BCUT2D eigenvalue weighted by atomic mass is 79.9. The van der Waals surface area contributed by atoms with Gasteiger partial charge >= 0.3 is 0 Å². The molecule has 0 aromatic heterocycles. The van der Waals surface area contributed by atoms with Crippen molar-refractivity contribution in [3.05, 3.63) is 76.8 Å². The highest BCUT2D eigenvalue weighted by Crippen LogP contribution is 2.21. The minimum absolute atomic E-state index is 0.665. The van der Waals surface area contributed by atoms with Gasteiger partial charge < -0.3 is 10.2 Å². The third kappa shape index (κ3) is 5.68. The predicted octanol–water partition coefficient (Wildman–Crippen LogP) is 6.00. The van der Waals surface area contributed by atoms with E-state index in [9.17, 15) is 0 Å². The summed E-state index contributed by atoms with van der Waals surface area (Å²) in [4.78, 5) is 2.30. The molecule has 1 aliphatic carbocycles. The van der Waals surface area contributed by atoms with Gasteiger partial charge in [-0.1, -0.05) is 58.4 Å². The van der Waals surface area contributed by atoms with Crippen molar-refractivity contribution in [2.75, 3.05) is 11.9 Å². The lowest BCUT2D eigenvalue weighted by Crippen LogP contribution is -2.38. The normalized spacial score (nSPS) is 16.4. The van der Waals surface area contributed by atoms with Crippen LogP contribution >= 0.6 is 28.1 Å². The topological polar surface area (TPSA) is 15.3 Å². The van der Waals surface area contributed by atoms with Crippen molar-refractivity contribution in [3.8, 4) is 0 Å². The Kier molecular flexibility index (Phi) is 6.65. The number of hydrogen-bond acceptors (Lipinski definition) is 1. The second-order valence-electron chi connectivity index (χ2n) is 6.45. The third-order valence-electron chi connectivity index (χ3n) is 4.46. The van der Waals surface area contributed by atoms with Gasteiger partial charge in [-0.25, -0.2) is 0 Å². The number of thiocarbonyl (C=S) groups is 1. The molecule has 1 aliphatic rings. The van der Waals surface area contributed by atoms with E-state index in [4.69, 9.17) is 12.2 Å². The van der Waals surface area contributed by atoms with Crippen LogP contribution in [0.3, 0.4) is 0 Å². The Morgan fingerprint density at radius 1 is 1.08 bits per heavy atom. The molecule has 0 aliphatic heterocycles. The molecule has 0 saturated carbocycles. The van der Waals surface area contributed by atoms with Crippen molar-refractivity contribution < 1.29 is 0 Å². The molecule has 0 bridgehead atoms. The summed E-state index contributed by atoms with van der Waals surface area (Å²) in [7, 11) is 0. The maximum absolute atomic E-state index is 5.74. The quantitative estimate of drug-likeness (QED) is 0.476. The van der Waals surface area contributed by atoms with Crippen LogP contribution in [0.2, 0.25) is 0 Å². The molecule has 0 fully saturated rings. The molecule has 0 radical (unpaired) electrons. The fraction of sp³-hybridized carbons (Fsp3) is 0.286. The van der Waals surface area contributed by atoms with Crippen LogP contribution in [-0.4, -0.2) is 16.6 Å². The van der Waals surface area contributed by atoms with Crippen LogP contribution < -0.4 is 5.32 Å². The Balaban J connectivity index is 1.70. The zero-order chi connectivity index (χ0) is 17.5. The molecular weight excluding hydrogens is 392 g/mol. The van der Waals surface area contributed by atoms with Gasteiger partial charge in [0.05, 0.1) is 0 Å². The highest BCUT2D eigenvalue weighted by Gasteiger charge is 2.18. The van der Waals surface area contributed by atoms with Crippen molar-refractivity contribution in [3.63, 3.8) is 0 Å². The van der Waals surface area contributed by atoms with Gasteiger partial charge in [-0.2, -0.15) is 0 Å². The number of anilines is 1. The number of halogens is 1. The van der Waals surface area contributed by atoms with E-state index in [1.54, 1.807) is 0 Å². The van der Waals surface area contributed by atoms with Crippen LogP contribution in [0.5, 0.6) is 0 Å².